The summed E-state index contributed by atoms with van der Waals surface area (Å²) in [4.78, 5) is 6.63. The van der Waals surface area contributed by atoms with E-state index in [4.69, 9.17) is 10.3 Å². The van der Waals surface area contributed by atoms with Crippen molar-refractivity contribution >= 4 is 43.5 Å². The molecule has 0 aliphatic carbocycles. The number of anilines is 2. The second-order valence-electron chi connectivity index (χ2n) is 4.80. The molecular formula is C13H14Br2N4O. The predicted octanol–water partition coefficient (Wildman–Crippen LogP) is 3.83. The van der Waals surface area contributed by atoms with E-state index in [1.165, 1.54) is 19.3 Å². The zero-order chi connectivity index (χ0) is 14.1. The van der Waals surface area contributed by atoms with Crippen molar-refractivity contribution in [3.63, 3.8) is 0 Å². The van der Waals surface area contributed by atoms with Gasteiger partial charge in [-0.05, 0) is 52.5 Å². The molecule has 1 aliphatic rings. The van der Waals surface area contributed by atoms with Gasteiger partial charge in [0.25, 0.3) is 11.8 Å². The lowest BCUT2D eigenvalue weighted by molar-refractivity contribution is 0.426. The zero-order valence-electron chi connectivity index (χ0n) is 10.8. The van der Waals surface area contributed by atoms with Gasteiger partial charge in [-0.2, -0.15) is 4.98 Å². The number of nitrogen functional groups attached to an aromatic ring is 1. The van der Waals surface area contributed by atoms with Gasteiger partial charge in [0.2, 0.25) is 0 Å². The number of nitrogens with zero attached hydrogens (tertiary/aromatic N) is 3. The first-order chi connectivity index (χ1) is 9.65. The van der Waals surface area contributed by atoms with Gasteiger partial charge >= 0.3 is 0 Å². The summed E-state index contributed by atoms with van der Waals surface area (Å²) in [6, 6.07) is 3.77. The third-order valence-corrected chi connectivity index (χ3v) is 4.49. The molecule has 0 saturated carbocycles. The topological polar surface area (TPSA) is 68.2 Å². The number of piperidine rings is 1. The van der Waals surface area contributed by atoms with E-state index in [1.807, 2.05) is 12.1 Å². The Balaban J connectivity index is 1.93. The van der Waals surface area contributed by atoms with Gasteiger partial charge < -0.3 is 15.2 Å². The SMILES string of the molecule is Nc1c(Br)cc(Br)cc1-c1nc(N2CCCCC2)no1. The van der Waals surface area contributed by atoms with Gasteiger partial charge in [-0.1, -0.05) is 15.9 Å². The van der Waals surface area contributed by atoms with Gasteiger partial charge in [-0.15, -0.1) is 0 Å². The molecule has 0 radical (unpaired) electrons. The third-order valence-electron chi connectivity index (χ3n) is 3.38. The van der Waals surface area contributed by atoms with E-state index in [9.17, 15) is 0 Å². The van der Waals surface area contributed by atoms with E-state index in [0.717, 1.165) is 27.6 Å². The second-order valence-corrected chi connectivity index (χ2v) is 6.57. The number of hydrogen-bond acceptors (Lipinski definition) is 5. The molecule has 3 rings (SSSR count). The monoisotopic (exact) mass is 400 g/mol. The van der Waals surface area contributed by atoms with Crippen LogP contribution in [0.4, 0.5) is 11.6 Å². The first-order valence-corrected chi connectivity index (χ1v) is 8.07. The second kappa shape index (κ2) is 5.73. The van der Waals surface area contributed by atoms with E-state index >= 15 is 0 Å². The molecule has 1 aromatic carbocycles. The smallest absolute Gasteiger partial charge is 0.266 e. The highest BCUT2D eigenvalue weighted by atomic mass is 79.9. The highest BCUT2D eigenvalue weighted by molar-refractivity contribution is 9.11. The summed E-state index contributed by atoms with van der Waals surface area (Å²) in [6.45, 7) is 1.97. The van der Waals surface area contributed by atoms with Crippen LogP contribution in [0.2, 0.25) is 0 Å². The van der Waals surface area contributed by atoms with Crippen LogP contribution < -0.4 is 10.6 Å². The van der Waals surface area contributed by atoms with Crippen LogP contribution in [0.25, 0.3) is 11.5 Å². The summed E-state index contributed by atoms with van der Waals surface area (Å²) in [5.41, 5.74) is 7.40. The maximum Gasteiger partial charge on any atom is 0.266 e. The molecule has 1 aliphatic heterocycles. The Kier molecular flexibility index (Phi) is 3.98. The standard InChI is InChI=1S/C13H14Br2N4O/c14-8-6-9(11(16)10(15)7-8)12-17-13(18-20-12)19-4-2-1-3-5-19/h6-7H,1-5,16H2. The van der Waals surface area contributed by atoms with Crippen LogP contribution in [0.1, 0.15) is 19.3 Å². The Labute approximate surface area is 133 Å². The molecule has 2 N–H and O–H groups in total. The molecule has 1 aromatic heterocycles. The Morgan fingerprint density at radius 3 is 2.65 bits per heavy atom. The van der Waals surface area contributed by atoms with Crippen LogP contribution in [0.3, 0.4) is 0 Å². The Bertz CT molecular complexity index is 623. The predicted molar refractivity (Wildman–Crippen MR) is 85.6 cm³/mol. The highest BCUT2D eigenvalue weighted by Crippen LogP contribution is 2.35. The van der Waals surface area contributed by atoms with Crippen molar-refractivity contribution in [3.05, 3.63) is 21.1 Å². The van der Waals surface area contributed by atoms with E-state index < -0.39 is 0 Å². The lowest BCUT2D eigenvalue weighted by atomic mass is 10.1. The van der Waals surface area contributed by atoms with Crippen LogP contribution in [0.5, 0.6) is 0 Å². The average Bonchev–Trinajstić information content (AvgIpc) is 2.93. The van der Waals surface area contributed by atoms with Crippen molar-refractivity contribution in [1.29, 1.82) is 0 Å². The molecule has 1 saturated heterocycles. The first kappa shape index (κ1) is 13.9. The van der Waals surface area contributed by atoms with E-state index in [0.29, 0.717) is 17.5 Å². The molecule has 0 unspecified atom stereocenters. The molecular weight excluding hydrogens is 388 g/mol. The molecule has 5 nitrogen and oxygen atoms in total. The molecule has 2 heterocycles. The number of aromatic nitrogens is 2. The number of nitrogens with two attached hydrogens (primary N) is 1. The molecule has 0 atom stereocenters. The number of benzene rings is 1. The van der Waals surface area contributed by atoms with Gasteiger partial charge in [-0.25, -0.2) is 0 Å². The Morgan fingerprint density at radius 2 is 1.90 bits per heavy atom. The van der Waals surface area contributed by atoms with Gasteiger partial charge in [-0.3, -0.25) is 0 Å². The third kappa shape index (κ3) is 2.69. The Hall–Kier alpha value is -1.08. The fourth-order valence-corrected chi connectivity index (χ4v) is 3.53. The molecule has 20 heavy (non-hydrogen) atoms. The largest absolute Gasteiger partial charge is 0.397 e. The highest BCUT2D eigenvalue weighted by Gasteiger charge is 2.19. The molecule has 7 heteroatoms. The Morgan fingerprint density at radius 1 is 1.15 bits per heavy atom. The molecule has 0 spiro atoms. The van der Waals surface area contributed by atoms with E-state index in [-0.39, 0.29) is 0 Å². The van der Waals surface area contributed by atoms with Crippen LogP contribution in [0.15, 0.2) is 25.6 Å². The van der Waals surface area contributed by atoms with Crippen LogP contribution in [0, 0.1) is 0 Å². The number of rotatable bonds is 2. The average molecular weight is 402 g/mol. The van der Waals surface area contributed by atoms with E-state index in [1.54, 1.807) is 0 Å². The minimum atomic E-state index is 0.449. The van der Waals surface area contributed by atoms with Crippen molar-refractivity contribution in [2.24, 2.45) is 0 Å². The molecule has 106 valence electrons. The van der Waals surface area contributed by atoms with Gasteiger partial charge in [0.1, 0.15) is 0 Å². The van der Waals surface area contributed by atoms with Crippen molar-refractivity contribution in [1.82, 2.24) is 10.1 Å². The minimum Gasteiger partial charge on any atom is -0.397 e. The lowest BCUT2D eigenvalue weighted by Gasteiger charge is -2.24. The molecule has 0 amide bonds. The van der Waals surface area contributed by atoms with Crippen molar-refractivity contribution in [2.75, 3.05) is 23.7 Å². The first-order valence-electron chi connectivity index (χ1n) is 6.48. The van der Waals surface area contributed by atoms with E-state index in [2.05, 4.69) is 46.9 Å². The minimum absolute atomic E-state index is 0.449. The summed E-state index contributed by atoms with van der Waals surface area (Å²) in [7, 11) is 0. The van der Waals surface area contributed by atoms with Crippen LogP contribution in [-0.4, -0.2) is 23.2 Å². The number of halogens is 2. The molecule has 1 fully saturated rings. The maximum atomic E-state index is 6.06. The summed E-state index contributed by atoms with van der Waals surface area (Å²) in [6.07, 6.45) is 3.62. The molecule has 2 aromatic rings. The molecule has 0 bridgehead atoms. The summed E-state index contributed by atoms with van der Waals surface area (Å²) in [5.74, 6) is 1.10. The normalized spacial score (nSPS) is 15.6. The fourth-order valence-electron chi connectivity index (χ4n) is 2.31. The van der Waals surface area contributed by atoms with Crippen LogP contribution >= 0.6 is 31.9 Å². The van der Waals surface area contributed by atoms with Gasteiger partial charge in [0.05, 0.1) is 11.3 Å². The van der Waals surface area contributed by atoms with Gasteiger partial charge in [0, 0.05) is 22.0 Å². The lowest BCUT2D eigenvalue weighted by Crippen LogP contribution is -2.30. The quantitative estimate of drug-likeness (QED) is 0.774. The fraction of sp³-hybridized carbons (Fsp3) is 0.385. The summed E-state index contributed by atoms with van der Waals surface area (Å²) >= 11 is 6.86. The number of hydrogen-bond donors (Lipinski definition) is 1. The van der Waals surface area contributed by atoms with Crippen molar-refractivity contribution in [2.45, 2.75) is 19.3 Å². The zero-order valence-corrected chi connectivity index (χ0v) is 13.9. The summed E-state index contributed by atoms with van der Waals surface area (Å²) < 4.78 is 7.08. The van der Waals surface area contributed by atoms with Gasteiger partial charge in [0.15, 0.2) is 0 Å². The van der Waals surface area contributed by atoms with Crippen molar-refractivity contribution < 1.29 is 4.52 Å². The summed E-state index contributed by atoms with van der Waals surface area (Å²) in [5, 5.41) is 4.07. The van der Waals surface area contributed by atoms with Crippen LogP contribution in [-0.2, 0) is 0 Å². The maximum absolute atomic E-state index is 6.06. The van der Waals surface area contributed by atoms with Crippen molar-refractivity contribution in [3.8, 4) is 11.5 Å².